The molecule has 1 aromatic heterocycles. The number of carbonyl (C=O) groups excluding carboxylic acids is 2. The van der Waals surface area contributed by atoms with Gasteiger partial charge in [-0.15, -0.1) is 11.3 Å². The van der Waals surface area contributed by atoms with Crippen LogP contribution in [0.5, 0.6) is 5.75 Å². The molecule has 8 nitrogen and oxygen atoms in total. The molecule has 1 heterocycles. The number of hydrogen-bond donors (Lipinski definition) is 1. The van der Waals surface area contributed by atoms with Crippen LogP contribution < -0.4 is 10.1 Å². The number of benzene rings is 1. The number of para-hydroxylation sites is 2. The van der Waals surface area contributed by atoms with E-state index in [1.807, 2.05) is 6.92 Å². The average molecular weight is 364 g/mol. The molecule has 1 aromatic carbocycles. The number of hydrogen-bond acceptors (Lipinski definition) is 7. The Morgan fingerprint density at radius 1 is 1.28 bits per heavy atom. The molecule has 0 aliphatic heterocycles. The van der Waals surface area contributed by atoms with Crippen molar-refractivity contribution in [1.29, 1.82) is 0 Å². The average Bonchev–Trinajstić information content (AvgIpc) is 2.86. The van der Waals surface area contributed by atoms with E-state index in [0.29, 0.717) is 10.6 Å². The van der Waals surface area contributed by atoms with Gasteiger partial charge in [0.2, 0.25) is 0 Å². The van der Waals surface area contributed by atoms with E-state index in [-0.39, 0.29) is 11.4 Å². The van der Waals surface area contributed by atoms with Crippen LogP contribution in [0, 0.1) is 24.0 Å². The minimum Gasteiger partial charge on any atom is -0.477 e. The van der Waals surface area contributed by atoms with E-state index in [1.54, 1.807) is 13.0 Å². The van der Waals surface area contributed by atoms with E-state index in [4.69, 9.17) is 9.47 Å². The third-order valence-corrected chi connectivity index (χ3v) is 4.57. The smallest absolute Gasteiger partial charge is 0.341 e. The molecule has 25 heavy (non-hydrogen) atoms. The van der Waals surface area contributed by atoms with Gasteiger partial charge < -0.3 is 14.8 Å². The maximum atomic E-state index is 12.1. The Balaban J connectivity index is 2.11. The Morgan fingerprint density at radius 2 is 1.96 bits per heavy atom. The molecule has 9 heteroatoms. The zero-order valence-electron chi connectivity index (χ0n) is 13.8. The number of nitro groups is 1. The zero-order valence-corrected chi connectivity index (χ0v) is 14.6. The molecule has 1 N–H and O–H groups in total. The van der Waals surface area contributed by atoms with Crippen molar-refractivity contribution < 1.29 is 24.0 Å². The lowest BCUT2D eigenvalue weighted by atomic mass is 10.1. The van der Waals surface area contributed by atoms with E-state index < -0.39 is 23.4 Å². The van der Waals surface area contributed by atoms with Crippen molar-refractivity contribution >= 4 is 33.9 Å². The molecule has 0 spiro atoms. The fourth-order valence-electron chi connectivity index (χ4n) is 2.10. The first kappa shape index (κ1) is 18.4. The fourth-order valence-corrected chi connectivity index (χ4v) is 3.16. The van der Waals surface area contributed by atoms with Crippen LogP contribution in [-0.2, 0) is 9.53 Å². The second-order valence-electron chi connectivity index (χ2n) is 5.04. The maximum Gasteiger partial charge on any atom is 0.341 e. The second kappa shape index (κ2) is 7.75. The molecule has 0 saturated carbocycles. The Morgan fingerprint density at radius 3 is 2.60 bits per heavy atom. The molecule has 132 valence electrons. The minimum absolute atomic E-state index is 0.00520. The lowest BCUT2D eigenvalue weighted by Crippen LogP contribution is -2.21. The number of nitrogens with zero attached hydrogens (tertiary/aromatic N) is 1. The predicted octanol–water partition coefficient (Wildman–Crippen LogP) is 3.08. The fraction of sp³-hybridized carbons (Fsp3) is 0.250. The highest BCUT2D eigenvalue weighted by Crippen LogP contribution is 2.33. The third kappa shape index (κ3) is 4.13. The Labute approximate surface area is 147 Å². The maximum absolute atomic E-state index is 12.1. The molecule has 0 saturated heterocycles. The first-order valence-corrected chi connectivity index (χ1v) is 8.01. The largest absolute Gasteiger partial charge is 0.477 e. The first-order chi connectivity index (χ1) is 11.8. The van der Waals surface area contributed by atoms with Gasteiger partial charge >= 0.3 is 11.7 Å². The zero-order chi connectivity index (χ0) is 18.6. The van der Waals surface area contributed by atoms with Crippen molar-refractivity contribution in [2.75, 3.05) is 19.0 Å². The highest BCUT2D eigenvalue weighted by atomic mass is 32.1. The third-order valence-electron chi connectivity index (χ3n) is 3.45. The van der Waals surface area contributed by atoms with Gasteiger partial charge in [0.15, 0.2) is 12.4 Å². The molecule has 0 unspecified atom stereocenters. The summed E-state index contributed by atoms with van der Waals surface area (Å²) in [6, 6.07) is 5.77. The quantitative estimate of drug-likeness (QED) is 0.479. The number of anilines is 1. The highest BCUT2D eigenvalue weighted by molar-refractivity contribution is 7.16. The van der Waals surface area contributed by atoms with Crippen LogP contribution in [0.1, 0.15) is 20.8 Å². The molecule has 0 aliphatic rings. The van der Waals surface area contributed by atoms with Crippen molar-refractivity contribution in [3.05, 3.63) is 50.4 Å². The van der Waals surface area contributed by atoms with Crippen LogP contribution in [0.4, 0.5) is 10.7 Å². The summed E-state index contributed by atoms with van der Waals surface area (Å²) in [5.41, 5.74) is 0.796. The van der Waals surface area contributed by atoms with Gasteiger partial charge in [0.1, 0.15) is 5.00 Å². The van der Waals surface area contributed by atoms with E-state index in [2.05, 4.69) is 5.32 Å². The summed E-state index contributed by atoms with van der Waals surface area (Å²) in [5, 5.41) is 13.9. The topological polar surface area (TPSA) is 108 Å². The number of nitrogens with one attached hydrogen (secondary N) is 1. The van der Waals surface area contributed by atoms with Gasteiger partial charge in [0.05, 0.1) is 17.6 Å². The first-order valence-electron chi connectivity index (χ1n) is 7.19. The number of aryl methyl sites for hydroxylation is 1. The summed E-state index contributed by atoms with van der Waals surface area (Å²) in [6.45, 7) is 3.16. The van der Waals surface area contributed by atoms with Crippen molar-refractivity contribution in [3.63, 3.8) is 0 Å². The van der Waals surface area contributed by atoms with Gasteiger partial charge in [-0.2, -0.15) is 0 Å². The van der Waals surface area contributed by atoms with Gasteiger partial charge in [-0.25, -0.2) is 4.79 Å². The summed E-state index contributed by atoms with van der Waals surface area (Å²) in [4.78, 5) is 35.2. The monoisotopic (exact) mass is 364 g/mol. The van der Waals surface area contributed by atoms with E-state index >= 15 is 0 Å². The van der Waals surface area contributed by atoms with Crippen LogP contribution in [0.2, 0.25) is 0 Å². The number of thiophene rings is 1. The number of ether oxygens (including phenoxy) is 2. The Hall–Kier alpha value is -2.94. The number of carbonyl (C=O) groups is 2. The van der Waals surface area contributed by atoms with Crippen molar-refractivity contribution in [2.45, 2.75) is 13.8 Å². The Bertz CT molecular complexity index is 830. The lowest BCUT2D eigenvalue weighted by Gasteiger charge is -2.08. The highest BCUT2D eigenvalue weighted by Gasteiger charge is 2.22. The molecule has 2 aromatic rings. The molecule has 0 fully saturated rings. The summed E-state index contributed by atoms with van der Waals surface area (Å²) < 4.78 is 9.97. The van der Waals surface area contributed by atoms with Gasteiger partial charge in [0, 0.05) is 10.9 Å². The van der Waals surface area contributed by atoms with E-state index in [0.717, 1.165) is 10.4 Å². The van der Waals surface area contributed by atoms with E-state index in [1.165, 1.54) is 36.6 Å². The van der Waals surface area contributed by atoms with Crippen LogP contribution >= 0.6 is 11.3 Å². The second-order valence-corrected chi connectivity index (χ2v) is 6.27. The predicted molar refractivity (Wildman–Crippen MR) is 92.4 cm³/mol. The van der Waals surface area contributed by atoms with Gasteiger partial charge in [-0.1, -0.05) is 12.1 Å². The molecule has 0 bridgehead atoms. The summed E-state index contributed by atoms with van der Waals surface area (Å²) in [7, 11) is 1.26. The molecular formula is C16H16N2O6S. The number of nitro benzene ring substituents is 1. The normalized spacial score (nSPS) is 10.2. The van der Waals surface area contributed by atoms with Crippen LogP contribution in [0.15, 0.2) is 24.3 Å². The Kier molecular flexibility index (Phi) is 5.71. The number of rotatable bonds is 6. The summed E-state index contributed by atoms with van der Waals surface area (Å²) >= 11 is 1.25. The number of amides is 1. The van der Waals surface area contributed by atoms with Crippen molar-refractivity contribution in [3.8, 4) is 5.75 Å². The molecular weight excluding hydrogens is 348 g/mol. The summed E-state index contributed by atoms with van der Waals surface area (Å²) in [6.07, 6.45) is 0. The molecule has 0 atom stereocenters. The molecule has 2 rings (SSSR count). The SMILES string of the molecule is COC(=O)c1c(NC(=O)COc2ccccc2[N+](=O)[O-])sc(C)c1C. The molecule has 0 aliphatic carbocycles. The van der Waals surface area contributed by atoms with E-state index in [9.17, 15) is 19.7 Å². The standard InChI is InChI=1S/C16H16N2O6S/c1-9-10(2)25-15(14(9)16(20)23-3)17-13(19)8-24-12-7-5-4-6-11(12)18(21)22/h4-7H,8H2,1-3H3,(H,17,19). The summed E-state index contributed by atoms with van der Waals surface area (Å²) in [5.74, 6) is -1.09. The lowest BCUT2D eigenvalue weighted by molar-refractivity contribution is -0.385. The van der Waals surface area contributed by atoms with Crippen LogP contribution in [0.3, 0.4) is 0 Å². The van der Waals surface area contributed by atoms with Gasteiger partial charge in [-0.3, -0.25) is 14.9 Å². The van der Waals surface area contributed by atoms with Gasteiger partial charge in [0.25, 0.3) is 5.91 Å². The molecule has 0 radical (unpaired) electrons. The molecule has 1 amide bonds. The number of methoxy groups -OCH3 is 1. The van der Waals surface area contributed by atoms with Crippen molar-refractivity contribution in [1.82, 2.24) is 0 Å². The minimum atomic E-state index is -0.589. The van der Waals surface area contributed by atoms with Crippen molar-refractivity contribution in [2.24, 2.45) is 0 Å². The number of esters is 1. The van der Waals surface area contributed by atoms with Crippen LogP contribution in [0.25, 0.3) is 0 Å². The van der Waals surface area contributed by atoms with Crippen LogP contribution in [-0.4, -0.2) is 30.5 Å². The van der Waals surface area contributed by atoms with Gasteiger partial charge in [-0.05, 0) is 25.5 Å².